The molecule has 1 unspecified atom stereocenters. The first-order valence-corrected chi connectivity index (χ1v) is 11.7. The first-order valence-electron chi connectivity index (χ1n) is 11.7. The minimum atomic E-state index is -0.0822. The lowest BCUT2D eigenvalue weighted by Gasteiger charge is -2.51. The molecule has 4 heterocycles. The van der Waals surface area contributed by atoms with E-state index in [4.69, 9.17) is 9.47 Å². The smallest absolute Gasteiger partial charge is 0.119 e. The molecule has 3 saturated heterocycles. The van der Waals surface area contributed by atoms with Gasteiger partial charge in [0.1, 0.15) is 12.4 Å². The van der Waals surface area contributed by atoms with Gasteiger partial charge < -0.3 is 9.47 Å². The van der Waals surface area contributed by atoms with Gasteiger partial charge in [0.15, 0.2) is 0 Å². The quantitative estimate of drug-likeness (QED) is 0.389. The molecule has 3 aliphatic heterocycles. The number of methoxy groups -OCH3 is 1. The molecule has 2 aromatic carbocycles. The highest BCUT2D eigenvalue weighted by Gasteiger charge is 2.43. The Morgan fingerprint density at radius 1 is 1.21 bits per heavy atom. The van der Waals surface area contributed by atoms with Gasteiger partial charge in [0.25, 0.3) is 0 Å². The van der Waals surface area contributed by atoms with Gasteiger partial charge >= 0.3 is 0 Å². The van der Waals surface area contributed by atoms with Crippen LogP contribution < -0.4 is 4.74 Å². The van der Waals surface area contributed by atoms with Gasteiger partial charge in [-0.25, -0.2) is 0 Å². The second kappa shape index (κ2) is 9.79. The van der Waals surface area contributed by atoms with Crippen molar-refractivity contribution < 1.29 is 9.47 Å². The first-order chi connectivity index (χ1) is 16.3. The van der Waals surface area contributed by atoms with E-state index in [-0.39, 0.29) is 6.10 Å². The molecule has 1 aromatic heterocycles. The summed E-state index contributed by atoms with van der Waals surface area (Å²) in [5.41, 5.74) is 3.12. The Balaban J connectivity index is 1.48. The summed E-state index contributed by atoms with van der Waals surface area (Å²) in [5, 5.41) is 1.08. The van der Waals surface area contributed by atoms with Crippen LogP contribution in [0.25, 0.3) is 10.9 Å². The Morgan fingerprint density at radius 3 is 2.85 bits per heavy atom. The number of pyridine rings is 1. The predicted molar refractivity (Wildman–Crippen MR) is 132 cm³/mol. The number of benzene rings is 2. The van der Waals surface area contributed by atoms with Gasteiger partial charge in [-0.15, -0.1) is 6.58 Å². The lowest BCUT2D eigenvalue weighted by molar-refractivity contribution is -0.0673. The fourth-order valence-corrected chi connectivity index (χ4v) is 5.41. The molecule has 4 nitrogen and oxygen atoms in total. The van der Waals surface area contributed by atoms with E-state index < -0.39 is 0 Å². The SMILES string of the molecule is C=C[C@@H]1CN2CC[C@H]1C[C@@H]2[C@@H](OCC#Cc1ccccc1)c1ccnc2ccc(OC)cc12. The Morgan fingerprint density at radius 2 is 2.09 bits per heavy atom. The molecule has 4 heteroatoms. The maximum absolute atomic E-state index is 6.58. The van der Waals surface area contributed by atoms with E-state index in [9.17, 15) is 0 Å². The predicted octanol–water partition coefficient (Wildman–Crippen LogP) is 5.25. The molecule has 3 fully saturated rings. The van der Waals surface area contributed by atoms with E-state index in [2.05, 4.69) is 46.5 Å². The Hall–Kier alpha value is -3.13. The number of piperidine rings is 3. The van der Waals surface area contributed by atoms with Crippen LogP contribution in [0.5, 0.6) is 5.75 Å². The highest BCUT2D eigenvalue weighted by Crippen LogP contribution is 2.43. The molecule has 33 heavy (non-hydrogen) atoms. The van der Waals surface area contributed by atoms with E-state index in [0.29, 0.717) is 24.5 Å². The molecule has 0 spiro atoms. The van der Waals surface area contributed by atoms with Crippen molar-refractivity contribution in [1.29, 1.82) is 0 Å². The molecule has 168 valence electrons. The molecule has 0 saturated carbocycles. The van der Waals surface area contributed by atoms with Crippen molar-refractivity contribution in [3.63, 3.8) is 0 Å². The van der Waals surface area contributed by atoms with Crippen molar-refractivity contribution >= 4 is 10.9 Å². The molecule has 0 amide bonds. The number of nitrogens with zero attached hydrogens (tertiary/aromatic N) is 2. The minimum absolute atomic E-state index is 0.0822. The van der Waals surface area contributed by atoms with Crippen molar-refractivity contribution in [3.05, 3.63) is 84.6 Å². The van der Waals surface area contributed by atoms with Crippen LogP contribution in [-0.2, 0) is 4.74 Å². The van der Waals surface area contributed by atoms with Crippen molar-refractivity contribution in [2.24, 2.45) is 11.8 Å². The van der Waals surface area contributed by atoms with Crippen LogP contribution in [0.15, 0.2) is 73.4 Å². The van der Waals surface area contributed by atoms with Crippen LogP contribution in [-0.4, -0.2) is 42.7 Å². The number of hydrogen-bond acceptors (Lipinski definition) is 4. The van der Waals surface area contributed by atoms with E-state index >= 15 is 0 Å². The third-order valence-electron chi connectivity index (χ3n) is 7.13. The van der Waals surface area contributed by atoms with Crippen LogP contribution >= 0.6 is 0 Å². The summed E-state index contributed by atoms with van der Waals surface area (Å²) in [6, 6.07) is 18.5. The molecule has 2 bridgehead atoms. The Kier molecular flexibility index (Phi) is 6.44. The summed E-state index contributed by atoms with van der Waals surface area (Å²) in [6.07, 6.45) is 6.29. The summed E-state index contributed by atoms with van der Waals surface area (Å²) >= 11 is 0. The number of aromatic nitrogens is 1. The summed E-state index contributed by atoms with van der Waals surface area (Å²) in [4.78, 5) is 7.18. The normalized spacial score (nSPS) is 24.6. The average molecular weight is 439 g/mol. The van der Waals surface area contributed by atoms with E-state index in [1.165, 1.54) is 6.42 Å². The van der Waals surface area contributed by atoms with Gasteiger partial charge in [0.2, 0.25) is 0 Å². The van der Waals surface area contributed by atoms with Crippen LogP contribution in [0.1, 0.15) is 30.1 Å². The van der Waals surface area contributed by atoms with Gasteiger partial charge in [0.05, 0.1) is 18.7 Å². The third-order valence-corrected chi connectivity index (χ3v) is 7.13. The molecule has 6 rings (SSSR count). The average Bonchev–Trinajstić information content (AvgIpc) is 2.89. The van der Waals surface area contributed by atoms with Gasteiger partial charge in [0, 0.05) is 29.7 Å². The van der Waals surface area contributed by atoms with Gasteiger partial charge in [-0.2, -0.15) is 0 Å². The monoisotopic (exact) mass is 438 g/mol. The number of ether oxygens (including phenoxy) is 2. The standard InChI is InChI=1S/C29H30N2O2/c1-3-22-20-31-16-14-23(22)18-28(31)29(33-17-7-10-21-8-5-4-6-9-21)25-13-15-30-27-12-11-24(32-2)19-26(25)27/h3-6,8-9,11-13,15,19,22-23,28-29H,1,14,16-18,20H2,2H3/t22-,23+,28-,29+/m1/s1. The number of rotatable bonds is 6. The maximum atomic E-state index is 6.58. The Labute approximate surface area is 196 Å². The zero-order valence-electron chi connectivity index (χ0n) is 19.1. The zero-order valence-corrected chi connectivity index (χ0v) is 19.1. The molecular weight excluding hydrogens is 408 g/mol. The topological polar surface area (TPSA) is 34.6 Å². The summed E-state index contributed by atoms with van der Waals surface area (Å²) < 4.78 is 12.1. The van der Waals surface area contributed by atoms with Crippen LogP contribution in [0, 0.1) is 23.7 Å². The second-order valence-corrected chi connectivity index (χ2v) is 8.93. The molecular formula is C29H30N2O2. The Bertz CT molecular complexity index is 1180. The third kappa shape index (κ3) is 4.53. The molecule has 3 aliphatic rings. The van der Waals surface area contributed by atoms with Crippen LogP contribution in [0.3, 0.4) is 0 Å². The van der Waals surface area contributed by atoms with E-state index in [1.807, 2.05) is 48.7 Å². The first kappa shape index (κ1) is 21.7. The lowest BCUT2D eigenvalue weighted by atomic mass is 9.73. The zero-order chi connectivity index (χ0) is 22.6. The lowest BCUT2D eigenvalue weighted by Crippen LogP contribution is -2.55. The van der Waals surface area contributed by atoms with Gasteiger partial charge in [-0.05, 0) is 73.2 Å². The van der Waals surface area contributed by atoms with Crippen LogP contribution in [0.2, 0.25) is 0 Å². The summed E-state index contributed by atoms with van der Waals surface area (Å²) in [5.74, 6) is 8.52. The van der Waals surface area contributed by atoms with E-state index in [1.54, 1.807) is 7.11 Å². The highest BCUT2D eigenvalue weighted by atomic mass is 16.5. The van der Waals surface area contributed by atoms with Gasteiger partial charge in [-0.3, -0.25) is 9.88 Å². The van der Waals surface area contributed by atoms with Crippen molar-refractivity contribution in [1.82, 2.24) is 9.88 Å². The van der Waals surface area contributed by atoms with Crippen molar-refractivity contribution in [3.8, 4) is 17.6 Å². The van der Waals surface area contributed by atoms with Crippen molar-refractivity contribution in [2.75, 3.05) is 26.8 Å². The number of fused-ring (bicyclic) bond motifs is 4. The molecule has 5 atom stereocenters. The largest absolute Gasteiger partial charge is 0.497 e. The fraction of sp³-hybridized carbons (Fsp3) is 0.345. The second-order valence-electron chi connectivity index (χ2n) is 8.93. The van der Waals surface area contributed by atoms with Crippen LogP contribution in [0.4, 0.5) is 0 Å². The molecule has 0 N–H and O–H groups in total. The fourth-order valence-electron chi connectivity index (χ4n) is 5.41. The molecule has 0 radical (unpaired) electrons. The maximum Gasteiger partial charge on any atom is 0.119 e. The molecule has 0 aliphatic carbocycles. The van der Waals surface area contributed by atoms with Crippen molar-refractivity contribution in [2.45, 2.75) is 25.0 Å². The molecule has 3 aromatic rings. The summed E-state index contributed by atoms with van der Waals surface area (Å²) in [6.45, 7) is 6.63. The number of hydrogen-bond donors (Lipinski definition) is 0. The van der Waals surface area contributed by atoms with Gasteiger partial charge in [-0.1, -0.05) is 36.1 Å². The minimum Gasteiger partial charge on any atom is -0.497 e. The highest BCUT2D eigenvalue weighted by molar-refractivity contribution is 5.84. The summed E-state index contributed by atoms with van der Waals surface area (Å²) in [7, 11) is 1.70. The van der Waals surface area contributed by atoms with E-state index in [0.717, 1.165) is 47.3 Å².